The number of carbonyl (C=O) groups excluding carboxylic acids is 2. The molecule has 0 saturated carbocycles. The van der Waals surface area contributed by atoms with Gasteiger partial charge in [-0.1, -0.05) is 36.4 Å². The zero-order valence-corrected chi connectivity index (χ0v) is 19.4. The van der Waals surface area contributed by atoms with E-state index >= 15 is 0 Å². The maximum atomic E-state index is 14.0. The number of pyridine rings is 2. The van der Waals surface area contributed by atoms with E-state index in [1.165, 1.54) is 25.4 Å². The van der Waals surface area contributed by atoms with E-state index in [0.29, 0.717) is 11.6 Å². The van der Waals surface area contributed by atoms with Crippen molar-refractivity contribution in [1.82, 2.24) is 20.5 Å². The fourth-order valence-corrected chi connectivity index (χ4v) is 3.66. The first kappa shape index (κ1) is 25.3. The standard InChI is InChI=1S/C25H21F2N5O5/c1-37-25(35)20(14-6-3-2-4-7-14)30-31-21-17-8-5-11-28-22(17)32(36)24(34)19(21)23(33)29-13-15-9-10-16(26)12-18(15)27/h2-12,20,30-31,36H,13H2,1H3,(H,29,33)/t20-/m0/s1. The molecule has 4 rings (SSSR count). The van der Waals surface area contributed by atoms with Gasteiger partial charge in [0.05, 0.1) is 12.8 Å². The molecule has 0 spiro atoms. The molecule has 0 aliphatic carbocycles. The molecule has 37 heavy (non-hydrogen) atoms. The Morgan fingerprint density at radius 2 is 1.86 bits per heavy atom. The number of carbonyl (C=O) groups is 2. The van der Waals surface area contributed by atoms with Crippen LogP contribution in [-0.2, 0) is 16.1 Å². The smallest absolute Gasteiger partial charge is 0.329 e. The third kappa shape index (κ3) is 5.23. The number of aromatic nitrogens is 2. The summed E-state index contributed by atoms with van der Waals surface area (Å²) >= 11 is 0. The minimum atomic E-state index is -1.12. The van der Waals surface area contributed by atoms with Gasteiger partial charge in [-0.2, -0.15) is 0 Å². The minimum absolute atomic E-state index is 0.0241. The lowest BCUT2D eigenvalue weighted by atomic mass is 10.1. The molecule has 0 unspecified atom stereocenters. The Balaban J connectivity index is 1.73. The van der Waals surface area contributed by atoms with Gasteiger partial charge in [-0.15, -0.1) is 4.73 Å². The van der Waals surface area contributed by atoms with Gasteiger partial charge in [0, 0.05) is 29.8 Å². The number of ether oxygens (including phenoxy) is 1. The molecule has 1 amide bonds. The van der Waals surface area contributed by atoms with Crippen LogP contribution in [0.25, 0.3) is 11.0 Å². The van der Waals surface area contributed by atoms with E-state index in [1.807, 2.05) is 0 Å². The average molecular weight is 509 g/mol. The van der Waals surface area contributed by atoms with E-state index < -0.39 is 40.7 Å². The predicted molar refractivity (Wildman–Crippen MR) is 129 cm³/mol. The van der Waals surface area contributed by atoms with Crippen molar-refractivity contribution >= 4 is 28.6 Å². The zero-order chi connectivity index (χ0) is 26.5. The Hall–Kier alpha value is -4.84. The van der Waals surface area contributed by atoms with Crippen LogP contribution in [-0.4, -0.2) is 33.9 Å². The van der Waals surface area contributed by atoms with Crippen molar-refractivity contribution in [2.45, 2.75) is 12.6 Å². The lowest BCUT2D eigenvalue weighted by molar-refractivity contribution is -0.143. The summed E-state index contributed by atoms with van der Waals surface area (Å²) in [4.78, 5) is 42.6. The molecular formula is C25H21F2N5O5. The third-order valence-corrected chi connectivity index (χ3v) is 5.51. The number of esters is 1. The molecule has 2 aromatic heterocycles. The Morgan fingerprint density at radius 3 is 2.57 bits per heavy atom. The summed E-state index contributed by atoms with van der Waals surface area (Å²) in [5.74, 6) is -3.30. The molecule has 1 atom stereocenters. The van der Waals surface area contributed by atoms with Gasteiger partial charge in [0.15, 0.2) is 5.65 Å². The van der Waals surface area contributed by atoms with Crippen molar-refractivity contribution in [2.24, 2.45) is 0 Å². The van der Waals surface area contributed by atoms with E-state index in [9.17, 15) is 28.4 Å². The summed E-state index contributed by atoms with van der Waals surface area (Å²) in [7, 11) is 1.21. The molecule has 2 heterocycles. The van der Waals surface area contributed by atoms with Crippen molar-refractivity contribution in [3.05, 3.63) is 106 Å². The Morgan fingerprint density at radius 1 is 1.11 bits per heavy atom. The van der Waals surface area contributed by atoms with Gasteiger partial charge in [0.25, 0.3) is 11.5 Å². The maximum absolute atomic E-state index is 14.0. The van der Waals surface area contributed by atoms with Crippen molar-refractivity contribution in [2.75, 3.05) is 12.5 Å². The second-order valence-corrected chi connectivity index (χ2v) is 7.80. The number of nitrogens with zero attached hydrogens (tertiary/aromatic N) is 2. The lowest BCUT2D eigenvalue weighted by Gasteiger charge is -2.21. The van der Waals surface area contributed by atoms with Crippen LogP contribution in [0.15, 0.2) is 71.7 Å². The summed E-state index contributed by atoms with van der Waals surface area (Å²) in [6, 6.07) is 13.3. The maximum Gasteiger partial charge on any atom is 0.329 e. The van der Waals surface area contributed by atoms with Crippen LogP contribution in [0.5, 0.6) is 0 Å². The molecule has 0 bridgehead atoms. The van der Waals surface area contributed by atoms with Gasteiger partial charge in [-0.25, -0.2) is 24.0 Å². The second kappa shape index (κ2) is 10.8. The van der Waals surface area contributed by atoms with Crippen molar-refractivity contribution in [1.29, 1.82) is 0 Å². The summed E-state index contributed by atoms with van der Waals surface area (Å²) in [5.41, 5.74) is 4.07. The van der Waals surface area contributed by atoms with Gasteiger partial charge in [0.2, 0.25) is 0 Å². The Bertz CT molecular complexity index is 1530. The van der Waals surface area contributed by atoms with Crippen LogP contribution in [0, 0.1) is 11.6 Å². The SMILES string of the molecule is COC(=O)[C@@H](NNc1c(C(=O)NCc2ccc(F)cc2F)c(=O)n(O)c2ncccc12)c1ccccc1. The number of amides is 1. The number of anilines is 1. The number of benzene rings is 2. The highest BCUT2D eigenvalue weighted by Crippen LogP contribution is 2.24. The first-order chi connectivity index (χ1) is 17.8. The average Bonchev–Trinajstić information content (AvgIpc) is 2.91. The first-order valence-corrected chi connectivity index (χ1v) is 10.9. The molecule has 2 aromatic carbocycles. The number of fused-ring (bicyclic) bond motifs is 1. The predicted octanol–water partition coefficient (Wildman–Crippen LogP) is 2.67. The van der Waals surface area contributed by atoms with E-state index in [-0.39, 0.29) is 33.6 Å². The molecule has 0 radical (unpaired) electrons. The molecule has 0 saturated heterocycles. The highest BCUT2D eigenvalue weighted by molar-refractivity contribution is 6.06. The second-order valence-electron chi connectivity index (χ2n) is 7.80. The fourth-order valence-electron chi connectivity index (χ4n) is 3.66. The zero-order valence-electron chi connectivity index (χ0n) is 19.4. The van der Waals surface area contributed by atoms with Gasteiger partial charge in [-0.3, -0.25) is 9.59 Å². The number of hydrogen-bond donors (Lipinski definition) is 4. The molecule has 0 fully saturated rings. The molecular weight excluding hydrogens is 488 g/mol. The Labute approximate surface area is 208 Å². The van der Waals surface area contributed by atoms with Crippen LogP contribution >= 0.6 is 0 Å². The molecule has 10 nitrogen and oxygen atoms in total. The van der Waals surface area contributed by atoms with Gasteiger partial charge in [-0.05, 0) is 23.8 Å². The molecule has 4 N–H and O–H groups in total. The fraction of sp³-hybridized carbons (Fsp3) is 0.120. The van der Waals surface area contributed by atoms with Gasteiger partial charge >= 0.3 is 5.97 Å². The van der Waals surface area contributed by atoms with Crippen LogP contribution in [0.3, 0.4) is 0 Å². The van der Waals surface area contributed by atoms with Crippen molar-refractivity contribution < 1.29 is 28.3 Å². The van der Waals surface area contributed by atoms with Gasteiger partial charge < -0.3 is 20.7 Å². The van der Waals surface area contributed by atoms with Crippen LogP contribution in [0.4, 0.5) is 14.5 Å². The summed E-state index contributed by atoms with van der Waals surface area (Å²) in [5, 5.41) is 12.9. The number of methoxy groups -OCH3 is 1. The van der Waals surface area contributed by atoms with Crippen molar-refractivity contribution in [3.63, 3.8) is 0 Å². The number of rotatable bonds is 8. The van der Waals surface area contributed by atoms with E-state index in [1.54, 1.807) is 30.3 Å². The first-order valence-electron chi connectivity index (χ1n) is 10.9. The highest BCUT2D eigenvalue weighted by atomic mass is 19.1. The van der Waals surface area contributed by atoms with Crippen LogP contribution in [0.2, 0.25) is 0 Å². The quantitative estimate of drug-likeness (QED) is 0.162. The topological polar surface area (TPSA) is 135 Å². The van der Waals surface area contributed by atoms with Gasteiger partial charge in [0.1, 0.15) is 23.2 Å². The molecule has 0 aliphatic rings. The van der Waals surface area contributed by atoms with E-state index in [4.69, 9.17) is 4.74 Å². The molecule has 4 aromatic rings. The number of nitrogens with one attached hydrogen (secondary N) is 3. The summed E-state index contributed by atoms with van der Waals surface area (Å²) in [6.07, 6.45) is 1.34. The van der Waals surface area contributed by atoms with E-state index in [2.05, 4.69) is 21.2 Å². The Kier molecular flexibility index (Phi) is 7.39. The normalized spacial score (nSPS) is 11.6. The third-order valence-electron chi connectivity index (χ3n) is 5.51. The monoisotopic (exact) mass is 509 g/mol. The lowest BCUT2D eigenvalue weighted by Crippen LogP contribution is -2.38. The molecule has 190 valence electrons. The summed E-state index contributed by atoms with van der Waals surface area (Å²) in [6.45, 7) is -0.372. The van der Waals surface area contributed by atoms with Crippen LogP contribution < -0.4 is 21.7 Å². The largest absolute Gasteiger partial charge is 0.468 e. The van der Waals surface area contributed by atoms with Crippen LogP contribution in [0.1, 0.15) is 27.5 Å². The highest BCUT2D eigenvalue weighted by Gasteiger charge is 2.26. The minimum Gasteiger partial charge on any atom is -0.468 e. The summed E-state index contributed by atoms with van der Waals surface area (Å²) < 4.78 is 32.3. The number of hydrazine groups is 1. The molecule has 12 heteroatoms. The van der Waals surface area contributed by atoms with Crippen molar-refractivity contribution in [3.8, 4) is 0 Å². The number of hydrogen-bond acceptors (Lipinski definition) is 8. The number of halogens is 2. The van der Waals surface area contributed by atoms with E-state index in [0.717, 1.165) is 12.1 Å². The molecule has 0 aliphatic heterocycles.